The maximum absolute atomic E-state index is 12.3. The number of benzene rings is 1. The topological polar surface area (TPSA) is 69.9 Å². The Kier molecular flexibility index (Phi) is 4.64. The SMILES string of the molecule is N#CCN(Cc1ccccc1)C(=O)c1cnc(Cl)cn1. The van der Waals surface area contributed by atoms with Crippen LogP contribution in [0.4, 0.5) is 0 Å². The molecule has 1 heterocycles. The van der Waals surface area contributed by atoms with E-state index in [9.17, 15) is 4.79 Å². The number of nitriles is 1. The second kappa shape index (κ2) is 6.64. The molecule has 0 N–H and O–H groups in total. The van der Waals surface area contributed by atoms with Gasteiger partial charge in [0.05, 0.1) is 18.5 Å². The van der Waals surface area contributed by atoms with Crippen LogP contribution in [0, 0.1) is 11.3 Å². The first kappa shape index (κ1) is 14.0. The zero-order valence-electron chi connectivity index (χ0n) is 10.5. The first-order valence-corrected chi connectivity index (χ1v) is 6.26. The number of carbonyl (C=O) groups excluding carboxylic acids is 1. The van der Waals surface area contributed by atoms with Crippen molar-refractivity contribution in [2.24, 2.45) is 0 Å². The summed E-state index contributed by atoms with van der Waals surface area (Å²) in [5.74, 6) is -0.348. The van der Waals surface area contributed by atoms with Crippen molar-refractivity contribution in [3.05, 3.63) is 59.1 Å². The molecule has 0 radical (unpaired) electrons. The van der Waals surface area contributed by atoms with Crippen molar-refractivity contribution in [1.82, 2.24) is 14.9 Å². The molecule has 0 aliphatic heterocycles. The van der Waals surface area contributed by atoms with Crippen LogP contribution in [0.3, 0.4) is 0 Å². The fraction of sp³-hybridized carbons (Fsp3) is 0.143. The molecule has 0 unspecified atom stereocenters. The van der Waals surface area contributed by atoms with Crippen molar-refractivity contribution in [3.63, 3.8) is 0 Å². The van der Waals surface area contributed by atoms with Gasteiger partial charge in [0, 0.05) is 6.54 Å². The lowest BCUT2D eigenvalue weighted by molar-refractivity contribution is 0.0758. The largest absolute Gasteiger partial charge is 0.320 e. The standard InChI is InChI=1S/C14H11ClN4O/c15-13-9-17-12(8-18-13)14(20)19(7-6-16)10-11-4-2-1-3-5-11/h1-5,8-9H,7,10H2. The summed E-state index contributed by atoms with van der Waals surface area (Å²) in [5, 5.41) is 9.07. The Bertz CT molecular complexity index is 622. The fourth-order valence-electron chi connectivity index (χ4n) is 1.67. The summed E-state index contributed by atoms with van der Waals surface area (Å²) in [6, 6.07) is 11.4. The Morgan fingerprint density at radius 3 is 2.60 bits per heavy atom. The van der Waals surface area contributed by atoms with Gasteiger partial charge in [-0.25, -0.2) is 9.97 Å². The lowest BCUT2D eigenvalue weighted by Gasteiger charge is -2.19. The Morgan fingerprint density at radius 2 is 2.00 bits per heavy atom. The van der Waals surface area contributed by atoms with Crippen molar-refractivity contribution in [1.29, 1.82) is 5.26 Å². The molecule has 20 heavy (non-hydrogen) atoms. The number of carbonyl (C=O) groups is 1. The van der Waals surface area contributed by atoms with Crippen molar-refractivity contribution in [3.8, 4) is 6.07 Å². The van der Waals surface area contributed by atoms with Crippen molar-refractivity contribution >= 4 is 17.5 Å². The quantitative estimate of drug-likeness (QED) is 0.809. The van der Waals surface area contributed by atoms with E-state index in [2.05, 4.69) is 9.97 Å². The fourth-order valence-corrected chi connectivity index (χ4v) is 1.77. The second-order valence-electron chi connectivity index (χ2n) is 4.03. The first-order chi connectivity index (χ1) is 9.70. The molecule has 1 aromatic heterocycles. The zero-order valence-corrected chi connectivity index (χ0v) is 11.3. The van der Waals surface area contributed by atoms with Crippen molar-refractivity contribution in [2.75, 3.05) is 6.54 Å². The average Bonchev–Trinajstić information content (AvgIpc) is 2.48. The molecule has 0 atom stereocenters. The number of amides is 1. The molecule has 0 bridgehead atoms. The molecule has 0 fully saturated rings. The predicted octanol–water partition coefficient (Wildman–Crippen LogP) is 2.30. The van der Waals surface area contributed by atoms with Gasteiger partial charge < -0.3 is 4.90 Å². The Hall–Kier alpha value is -2.45. The summed E-state index contributed by atoms with van der Waals surface area (Å²) in [5.41, 5.74) is 1.11. The Labute approximate surface area is 121 Å². The molecule has 0 aliphatic rings. The van der Waals surface area contributed by atoms with Crippen LogP contribution < -0.4 is 0 Å². The zero-order chi connectivity index (χ0) is 14.4. The number of hydrogen-bond acceptors (Lipinski definition) is 4. The molecule has 0 aliphatic carbocycles. The van der Waals surface area contributed by atoms with Crippen LogP contribution in [0.2, 0.25) is 5.15 Å². The number of rotatable bonds is 4. The van der Waals surface area contributed by atoms with E-state index in [1.165, 1.54) is 17.3 Å². The third-order valence-electron chi connectivity index (χ3n) is 2.60. The molecule has 5 nitrogen and oxygen atoms in total. The number of aromatic nitrogens is 2. The second-order valence-corrected chi connectivity index (χ2v) is 4.42. The number of nitrogens with zero attached hydrogens (tertiary/aromatic N) is 4. The highest BCUT2D eigenvalue weighted by atomic mass is 35.5. The summed E-state index contributed by atoms with van der Waals surface area (Å²) in [4.78, 5) is 21.4. The van der Waals surface area contributed by atoms with Gasteiger partial charge >= 0.3 is 0 Å². The third kappa shape index (κ3) is 3.53. The summed E-state index contributed by atoms with van der Waals surface area (Å²) < 4.78 is 0. The summed E-state index contributed by atoms with van der Waals surface area (Å²) in [6.45, 7) is 0.329. The van der Waals surface area contributed by atoms with E-state index in [1.54, 1.807) is 0 Å². The minimum absolute atomic E-state index is 0.0158. The predicted molar refractivity (Wildman–Crippen MR) is 73.8 cm³/mol. The lowest BCUT2D eigenvalue weighted by atomic mass is 10.2. The van der Waals surface area contributed by atoms with Gasteiger partial charge in [0.1, 0.15) is 17.4 Å². The Morgan fingerprint density at radius 1 is 1.25 bits per heavy atom. The van der Waals surface area contributed by atoms with Crippen LogP contribution in [-0.2, 0) is 6.54 Å². The molecule has 0 saturated carbocycles. The molecule has 1 amide bonds. The minimum atomic E-state index is -0.348. The van der Waals surface area contributed by atoms with Crippen LogP contribution in [0.5, 0.6) is 0 Å². The highest BCUT2D eigenvalue weighted by molar-refractivity contribution is 6.29. The lowest BCUT2D eigenvalue weighted by Crippen LogP contribution is -2.31. The van der Waals surface area contributed by atoms with E-state index in [4.69, 9.17) is 16.9 Å². The van der Waals surface area contributed by atoms with Crippen LogP contribution in [-0.4, -0.2) is 27.3 Å². The van der Waals surface area contributed by atoms with Gasteiger partial charge in [-0.1, -0.05) is 41.9 Å². The summed E-state index contributed by atoms with van der Waals surface area (Å²) in [7, 11) is 0. The van der Waals surface area contributed by atoms with E-state index in [1.807, 2.05) is 36.4 Å². The molecule has 2 aromatic rings. The van der Waals surface area contributed by atoms with Crippen molar-refractivity contribution < 1.29 is 4.79 Å². The van der Waals surface area contributed by atoms with Gasteiger partial charge in [-0.15, -0.1) is 0 Å². The monoisotopic (exact) mass is 286 g/mol. The molecule has 0 saturated heterocycles. The molecule has 6 heteroatoms. The van der Waals surface area contributed by atoms with Gasteiger partial charge in [0.15, 0.2) is 0 Å². The third-order valence-corrected chi connectivity index (χ3v) is 2.80. The van der Waals surface area contributed by atoms with Crippen LogP contribution in [0.25, 0.3) is 0 Å². The van der Waals surface area contributed by atoms with E-state index >= 15 is 0 Å². The van der Waals surface area contributed by atoms with Crippen molar-refractivity contribution in [2.45, 2.75) is 6.54 Å². The van der Waals surface area contributed by atoms with Crippen LogP contribution in [0.1, 0.15) is 16.1 Å². The smallest absolute Gasteiger partial charge is 0.275 e. The van der Waals surface area contributed by atoms with E-state index in [-0.39, 0.29) is 23.3 Å². The van der Waals surface area contributed by atoms with Gasteiger partial charge in [0.2, 0.25) is 0 Å². The van der Waals surface area contributed by atoms with Gasteiger partial charge in [-0.2, -0.15) is 5.26 Å². The molecular weight excluding hydrogens is 276 g/mol. The van der Waals surface area contributed by atoms with E-state index in [0.717, 1.165) is 5.56 Å². The molecular formula is C14H11ClN4O. The maximum atomic E-state index is 12.3. The van der Waals surface area contributed by atoms with Crippen LogP contribution >= 0.6 is 11.6 Å². The highest BCUT2D eigenvalue weighted by Gasteiger charge is 2.17. The van der Waals surface area contributed by atoms with Gasteiger partial charge in [0.25, 0.3) is 5.91 Å². The minimum Gasteiger partial charge on any atom is -0.320 e. The van der Waals surface area contributed by atoms with E-state index < -0.39 is 0 Å². The molecule has 1 aromatic carbocycles. The first-order valence-electron chi connectivity index (χ1n) is 5.88. The Balaban J connectivity index is 2.18. The highest BCUT2D eigenvalue weighted by Crippen LogP contribution is 2.09. The van der Waals surface area contributed by atoms with Gasteiger partial charge in [-0.05, 0) is 5.56 Å². The number of halogens is 1. The van der Waals surface area contributed by atoms with Crippen LogP contribution in [0.15, 0.2) is 42.7 Å². The number of hydrogen-bond donors (Lipinski definition) is 0. The summed E-state index contributed by atoms with van der Waals surface area (Å²) in [6.07, 6.45) is 2.61. The average molecular weight is 287 g/mol. The summed E-state index contributed by atoms with van der Waals surface area (Å²) >= 11 is 5.64. The molecule has 0 spiro atoms. The molecule has 100 valence electrons. The normalized spacial score (nSPS) is 9.80. The molecule has 2 rings (SSSR count). The van der Waals surface area contributed by atoms with E-state index in [0.29, 0.717) is 6.54 Å². The van der Waals surface area contributed by atoms with Gasteiger partial charge in [-0.3, -0.25) is 4.79 Å². The maximum Gasteiger partial charge on any atom is 0.275 e.